The maximum atomic E-state index is 12.3. The van der Waals surface area contributed by atoms with Crippen molar-refractivity contribution in [1.82, 2.24) is 9.97 Å². The van der Waals surface area contributed by atoms with E-state index in [-0.39, 0.29) is 5.91 Å². The van der Waals surface area contributed by atoms with Crippen molar-refractivity contribution in [2.24, 2.45) is 0 Å². The van der Waals surface area contributed by atoms with Crippen molar-refractivity contribution in [3.8, 4) is 0 Å². The van der Waals surface area contributed by atoms with E-state index < -0.39 is 0 Å². The van der Waals surface area contributed by atoms with Crippen LogP contribution in [0.1, 0.15) is 15.9 Å². The molecule has 0 aliphatic rings. The molecule has 4 nitrogen and oxygen atoms in total. The van der Waals surface area contributed by atoms with Crippen LogP contribution >= 0.6 is 0 Å². The third kappa shape index (κ3) is 2.36. The average Bonchev–Trinajstić information content (AvgIpc) is 2.49. The fourth-order valence-electron chi connectivity index (χ4n) is 2.01. The fraction of sp³-hybridized carbons (Fsp3) is 0.0625. The van der Waals surface area contributed by atoms with Gasteiger partial charge in [0.25, 0.3) is 5.91 Å². The van der Waals surface area contributed by atoms with E-state index in [2.05, 4.69) is 15.3 Å². The second-order valence-corrected chi connectivity index (χ2v) is 4.56. The van der Waals surface area contributed by atoms with E-state index in [1.54, 1.807) is 24.5 Å². The van der Waals surface area contributed by atoms with Crippen LogP contribution in [-0.4, -0.2) is 15.9 Å². The first-order chi connectivity index (χ1) is 9.74. The number of para-hydroxylation sites is 1. The molecule has 3 aromatic rings. The number of carbonyl (C=O) groups excluding carboxylic acids is 1. The molecule has 0 saturated carbocycles. The van der Waals surface area contributed by atoms with Crippen LogP contribution < -0.4 is 5.32 Å². The van der Waals surface area contributed by atoms with Crippen LogP contribution in [0.15, 0.2) is 54.9 Å². The number of aryl methyl sites for hydroxylation is 1. The van der Waals surface area contributed by atoms with Crippen LogP contribution in [-0.2, 0) is 0 Å². The number of hydrogen-bond donors (Lipinski definition) is 1. The fourth-order valence-corrected chi connectivity index (χ4v) is 2.01. The second kappa shape index (κ2) is 5.09. The van der Waals surface area contributed by atoms with E-state index in [4.69, 9.17) is 0 Å². The highest BCUT2D eigenvalue weighted by Gasteiger charge is 2.11. The zero-order chi connectivity index (χ0) is 13.9. The first-order valence-corrected chi connectivity index (χ1v) is 6.32. The van der Waals surface area contributed by atoms with Gasteiger partial charge in [0, 0.05) is 17.8 Å². The summed E-state index contributed by atoms with van der Waals surface area (Å²) in [5, 5.41) is 3.73. The van der Waals surface area contributed by atoms with Crippen molar-refractivity contribution < 1.29 is 4.79 Å². The predicted molar refractivity (Wildman–Crippen MR) is 78.7 cm³/mol. The lowest BCUT2D eigenvalue weighted by molar-refractivity contribution is 0.102. The number of benzene rings is 1. The van der Waals surface area contributed by atoms with Gasteiger partial charge in [0.15, 0.2) is 0 Å². The zero-order valence-corrected chi connectivity index (χ0v) is 11.0. The van der Waals surface area contributed by atoms with E-state index in [0.29, 0.717) is 16.9 Å². The van der Waals surface area contributed by atoms with Crippen LogP contribution in [0, 0.1) is 6.92 Å². The maximum absolute atomic E-state index is 12.3. The summed E-state index contributed by atoms with van der Waals surface area (Å²) in [5.74, 6) is 0.333. The Bertz CT molecular complexity index is 761. The van der Waals surface area contributed by atoms with Gasteiger partial charge >= 0.3 is 0 Å². The summed E-state index contributed by atoms with van der Waals surface area (Å²) in [4.78, 5) is 20.8. The van der Waals surface area contributed by atoms with Crippen molar-refractivity contribution in [3.05, 3.63) is 66.0 Å². The molecule has 0 radical (unpaired) electrons. The molecular weight excluding hydrogens is 250 g/mol. The van der Waals surface area contributed by atoms with Crippen molar-refractivity contribution in [3.63, 3.8) is 0 Å². The first-order valence-electron chi connectivity index (χ1n) is 6.32. The van der Waals surface area contributed by atoms with Crippen LogP contribution in [0.2, 0.25) is 0 Å². The van der Waals surface area contributed by atoms with Crippen LogP contribution in [0.3, 0.4) is 0 Å². The number of fused-ring (bicyclic) bond motifs is 1. The molecule has 0 aliphatic heterocycles. The van der Waals surface area contributed by atoms with Gasteiger partial charge in [0.2, 0.25) is 0 Å². The van der Waals surface area contributed by atoms with E-state index in [1.807, 2.05) is 37.3 Å². The van der Waals surface area contributed by atoms with Crippen LogP contribution in [0.4, 0.5) is 5.82 Å². The van der Waals surface area contributed by atoms with Gasteiger partial charge in [-0.05, 0) is 30.7 Å². The van der Waals surface area contributed by atoms with Crippen LogP contribution in [0.5, 0.6) is 0 Å². The molecule has 98 valence electrons. The molecule has 3 rings (SSSR count). The van der Waals surface area contributed by atoms with E-state index in [9.17, 15) is 4.79 Å². The van der Waals surface area contributed by atoms with E-state index in [0.717, 1.165) is 10.9 Å². The molecule has 2 aromatic heterocycles. The Kier molecular flexibility index (Phi) is 3.13. The van der Waals surface area contributed by atoms with Crippen molar-refractivity contribution >= 4 is 22.6 Å². The van der Waals surface area contributed by atoms with Gasteiger partial charge in [-0.15, -0.1) is 0 Å². The van der Waals surface area contributed by atoms with Gasteiger partial charge in [-0.3, -0.25) is 9.78 Å². The Hall–Kier alpha value is -2.75. The number of carbonyl (C=O) groups is 1. The van der Waals surface area contributed by atoms with E-state index in [1.165, 1.54) is 0 Å². The Labute approximate surface area is 116 Å². The number of hydrogen-bond acceptors (Lipinski definition) is 3. The van der Waals surface area contributed by atoms with Gasteiger partial charge < -0.3 is 5.32 Å². The highest BCUT2D eigenvalue weighted by Crippen LogP contribution is 2.17. The first kappa shape index (κ1) is 12.3. The lowest BCUT2D eigenvalue weighted by Crippen LogP contribution is -2.13. The van der Waals surface area contributed by atoms with Crippen molar-refractivity contribution in [2.45, 2.75) is 6.92 Å². The molecule has 0 spiro atoms. The summed E-state index contributed by atoms with van der Waals surface area (Å²) in [6.45, 7) is 1.95. The molecular formula is C16H13N3O. The summed E-state index contributed by atoms with van der Waals surface area (Å²) in [6, 6.07) is 13.0. The lowest BCUT2D eigenvalue weighted by Gasteiger charge is -2.07. The molecule has 0 bridgehead atoms. The van der Waals surface area contributed by atoms with E-state index >= 15 is 0 Å². The zero-order valence-electron chi connectivity index (χ0n) is 11.0. The molecule has 1 amide bonds. The number of nitrogens with zero attached hydrogens (tertiary/aromatic N) is 2. The predicted octanol–water partition coefficient (Wildman–Crippen LogP) is 3.19. The minimum atomic E-state index is -0.203. The standard InChI is InChI=1S/C16H13N3O/c1-11-7-8-14(18-10-11)19-16(20)13-6-2-4-12-5-3-9-17-15(12)13/h2-10H,1H3,(H,18,19,20). The monoisotopic (exact) mass is 263 g/mol. The highest BCUT2D eigenvalue weighted by molar-refractivity contribution is 6.11. The number of aromatic nitrogens is 2. The van der Waals surface area contributed by atoms with Gasteiger partial charge in [-0.1, -0.05) is 24.3 Å². The minimum Gasteiger partial charge on any atom is -0.306 e. The molecule has 4 heteroatoms. The Morgan fingerprint density at radius 1 is 1.05 bits per heavy atom. The molecule has 0 unspecified atom stereocenters. The average molecular weight is 263 g/mol. The number of nitrogens with one attached hydrogen (secondary N) is 1. The largest absolute Gasteiger partial charge is 0.306 e. The Balaban J connectivity index is 1.94. The third-order valence-electron chi connectivity index (χ3n) is 3.03. The molecule has 1 N–H and O–H groups in total. The van der Waals surface area contributed by atoms with Gasteiger partial charge in [-0.2, -0.15) is 0 Å². The minimum absolute atomic E-state index is 0.203. The molecule has 0 aliphatic carbocycles. The van der Waals surface area contributed by atoms with Gasteiger partial charge in [-0.25, -0.2) is 4.98 Å². The molecule has 20 heavy (non-hydrogen) atoms. The summed E-state index contributed by atoms with van der Waals surface area (Å²) >= 11 is 0. The Morgan fingerprint density at radius 2 is 1.90 bits per heavy atom. The molecule has 1 aromatic carbocycles. The Morgan fingerprint density at radius 3 is 2.70 bits per heavy atom. The highest BCUT2D eigenvalue weighted by atomic mass is 16.1. The topological polar surface area (TPSA) is 54.9 Å². The van der Waals surface area contributed by atoms with Gasteiger partial charge in [0.1, 0.15) is 5.82 Å². The summed E-state index contributed by atoms with van der Waals surface area (Å²) in [5.41, 5.74) is 2.29. The summed E-state index contributed by atoms with van der Waals surface area (Å²) < 4.78 is 0. The number of pyridine rings is 2. The summed E-state index contributed by atoms with van der Waals surface area (Å²) in [6.07, 6.45) is 3.40. The lowest BCUT2D eigenvalue weighted by atomic mass is 10.1. The van der Waals surface area contributed by atoms with Crippen LogP contribution in [0.25, 0.3) is 10.9 Å². The SMILES string of the molecule is Cc1ccc(NC(=O)c2cccc3cccnc23)nc1. The smallest absolute Gasteiger partial charge is 0.259 e. The third-order valence-corrected chi connectivity index (χ3v) is 3.03. The molecule has 2 heterocycles. The second-order valence-electron chi connectivity index (χ2n) is 4.56. The van der Waals surface area contributed by atoms with Crippen molar-refractivity contribution in [2.75, 3.05) is 5.32 Å². The molecule has 0 atom stereocenters. The summed E-state index contributed by atoms with van der Waals surface area (Å²) in [7, 11) is 0. The van der Waals surface area contributed by atoms with Gasteiger partial charge in [0.05, 0.1) is 11.1 Å². The number of amides is 1. The normalized spacial score (nSPS) is 10.4. The molecule has 0 saturated heterocycles. The molecule has 0 fully saturated rings. The maximum Gasteiger partial charge on any atom is 0.259 e. The number of anilines is 1. The number of rotatable bonds is 2. The quantitative estimate of drug-likeness (QED) is 0.772. The van der Waals surface area contributed by atoms with Crippen molar-refractivity contribution in [1.29, 1.82) is 0 Å².